The number of carbonyl (C=O) groups excluding carboxylic acids is 2. The van der Waals surface area contributed by atoms with Gasteiger partial charge >= 0.3 is 6.09 Å². The van der Waals surface area contributed by atoms with Crippen LogP contribution in [0.1, 0.15) is 52.4 Å². The van der Waals surface area contributed by atoms with Crippen LogP contribution in [0.3, 0.4) is 0 Å². The van der Waals surface area contributed by atoms with Crippen molar-refractivity contribution >= 4 is 35.5 Å². The summed E-state index contributed by atoms with van der Waals surface area (Å²) in [6, 6.07) is 0.561. The van der Waals surface area contributed by atoms with Gasteiger partial charge in [-0.15, -0.1) is 0 Å². The molecule has 4 aliphatic rings. The highest BCUT2D eigenvalue weighted by Gasteiger charge is 2.55. The lowest BCUT2D eigenvalue weighted by Gasteiger charge is -2.54. The molecule has 1 aliphatic carbocycles. The summed E-state index contributed by atoms with van der Waals surface area (Å²) in [4.78, 5) is 29.1. The van der Waals surface area contributed by atoms with Crippen molar-refractivity contribution in [1.29, 1.82) is 0 Å². The highest BCUT2D eigenvalue weighted by atomic mass is 16.6. The Morgan fingerprint density at radius 1 is 1.13 bits per heavy atom. The van der Waals surface area contributed by atoms with Crippen LogP contribution in [-0.2, 0) is 9.53 Å². The molecule has 4 rings (SSSR count). The Labute approximate surface area is 184 Å². The highest BCUT2D eigenvalue weighted by Crippen LogP contribution is 2.51. The summed E-state index contributed by atoms with van der Waals surface area (Å²) >= 11 is 0. The Hall–Kier alpha value is -1.15. The molecule has 1 saturated carbocycles. The summed E-state index contributed by atoms with van der Waals surface area (Å²) in [6.07, 6.45) is 5.38. The van der Waals surface area contributed by atoms with E-state index >= 15 is 0 Å². The first-order chi connectivity index (χ1) is 14.1. The van der Waals surface area contributed by atoms with E-state index in [1.807, 2.05) is 23.8 Å². The summed E-state index contributed by atoms with van der Waals surface area (Å²) in [6.45, 7) is 8.45. The molecule has 0 unspecified atom stereocenters. The molecule has 0 aromatic rings. The molecule has 3 saturated heterocycles. The SMILES string of the molecule is [B]C([B])([B])N1C(=O)CC2(CCN(C3CC4(CCN(C(=O)OCC)C4)C3)CC2)N1CC. The average Bonchev–Trinajstić information content (AvgIpc) is 3.21. The van der Waals surface area contributed by atoms with Gasteiger partial charge in [-0.2, -0.15) is 0 Å². The lowest BCUT2D eigenvalue weighted by Crippen LogP contribution is -2.64. The molecule has 2 spiro atoms. The Kier molecular flexibility index (Phi) is 5.71. The third kappa shape index (κ3) is 3.68. The van der Waals surface area contributed by atoms with Crippen molar-refractivity contribution in [2.75, 3.05) is 39.3 Å². The van der Waals surface area contributed by atoms with Crippen LogP contribution in [0.5, 0.6) is 0 Å². The monoisotopic (exact) mass is 408 g/mol. The van der Waals surface area contributed by atoms with Gasteiger partial charge in [0.1, 0.15) is 0 Å². The fourth-order valence-electron chi connectivity index (χ4n) is 6.27. The molecular formula is C20H31B3N4O3. The maximum atomic E-state index is 12.6. The summed E-state index contributed by atoms with van der Waals surface area (Å²) in [5.41, 5.74) is 0.0294. The second-order valence-corrected chi connectivity index (χ2v) is 9.68. The van der Waals surface area contributed by atoms with Crippen molar-refractivity contribution in [1.82, 2.24) is 19.8 Å². The van der Waals surface area contributed by atoms with Crippen LogP contribution >= 0.6 is 0 Å². The van der Waals surface area contributed by atoms with Crippen LogP contribution in [0, 0.1) is 5.41 Å². The minimum absolute atomic E-state index is 0.0922. The van der Waals surface area contributed by atoms with Crippen LogP contribution in [0.25, 0.3) is 0 Å². The van der Waals surface area contributed by atoms with Crippen molar-refractivity contribution in [3.8, 4) is 0 Å². The smallest absolute Gasteiger partial charge is 0.409 e. The molecular weight excluding hydrogens is 377 g/mol. The number of rotatable bonds is 4. The fraction of sp³-hybridized carbons (Fsp3) is 0.900. The second kappa shape index (κ2) is 7.77. The van der Waals surface area contributed by atoms with Gasteiger partial charge in [-0.05, 0) is 44.4 Å². The molecule has 0 aromatic carbocycles. The van der Waals surface area contributed by atoms with Crippen LogP contribution < -0.4 is 0 Å². The molecule has 4 fully saturated rings. The molecule has 3 aliphatic heterocycles. The van der Waals surface area contributed by atoms with E-state index in [9.17, 15) is 9.59 Å². The minimum Gasteiger partial charge on any atom is -0.450 e. The van der Waals surface area contributed by atoms with E-state index in [1.165, 1.54) is 5.01 Å². The van der Waals surface area contributed by atoms with E-state index in [-0.39, 0.29) is 23.0 Å². The van der Waals surface area contributed by atoms with Crippen LogP contribution in [-0.4, -0.2) is 112 Å². The molecule has 10 heteroatoms. The number of amides is 2. The molecule has 0 N–H and O–H groups in total. The van der Waals surface area contributed by atoms with Gasteiger partial charge in [0.15, 0.2) is 0 Å². The molecule has 6 radical (unpaired) electrons. The van der Waals surface area contributed by atoms with Gasteiger partial charge in [0.05, 0.1) is 35.7 Å². The predicted molar refractivity (Wildman–Crippen MR) is 116 cm³/mol. The van der Waals surface area contributed by atoms with Gasteiger partial charge in [0.25, 0.3) is 0 Å². The van der Waals surface area contributed by atoms with Crippen LogP contribution in [0.2, 0.25) is 0 Å². The van der Waals surface area contributed by atoms with Crippen LogP contribution in [0.15, 0.2) is 0 Å². The number of piperidine rings is 1. The molecule has 3 heterocycles. The van der Waals surface area contributed by atoms with E-state index < -0.39 is 5.24 Å². The van der Waals surface area contributed by atoms with Gasteiger partial charge in [-0.3, -0.25) is 9.80 Å². The highest BCUT2D eigenvalue weighted by molar-refractivity contribution is 6.59. The van der Waals surface area contributed by atoms with E-state index in [0.717, 1.165) is 58.3 Å². The zero-order valence-corrected chi connectivity index (χ0v) is 18.3. The van der Waals surface area contributed by atoms with Gasteiger partial charge < -0.3 is 14.5 Å². The number of likely N-dealkylation sites (tertiary alicyclic amines) is 2. The summed E-state index contributed by atoms with van der Waals surface area (Å²) in [7, 11) is 17.6. The Morgan fingerprint density at radius 2 is 1.80 bits per heavy atom. The van der Waals surface area contributed by atoms with E-state index in [4.69, 9.17) is 28.3 Å². The molecule has 0 aromatic heterocycles. The van der Waals surface area contributed by atoms with Crippen molar-refractivity contribution in [2.45, 2.75) is 69.2 Å². The first-order valence-electron chi connectivity index (χ1n) is 11.3. The first-order valence-corrected chi connectivity index (χ1v) is 11.3. The topological polar surface area (TPSA) is 56.3 Å². The quantitative estimate of drug-likeness (QED) is 0.632. The zero-order chi connectivity index (χ0) is 21.7. The van der Waals surface area contributed by atoms with Gasteiger partial charge in [-0.25, -0.2) is 9.80 Å². The van der Waals surface area contributed by atoms with Gasteiger partial charge in [-0.1, -0.05) is 12.2 Å². The lowest BCUT2D eigenvalue weighted by molar-refractivity contribution is -0.143. The van der Waals surface area contributed by atoms with E-state index in [1.54, 1.807) is 0 Å². The van der Waals surface area contributed by atoms with E-state index in [0.29, 0.717) is 25.6 Å². The number of hydrazine groups is 1. The summed E-state index contributed by atoms with van der Waals surface area (Å²) in [5, 5.41) is 1.70. The predicted octanol–water partition coefficient (Wildman–Crippen LogP) is 0.418. The molecule has 2 amide bonds. The summed E-state index contributed by atoms with van der Waals surface area (Å²) in [5.74, 6) is -0.0922. The molecule has 158 valence electrons. The number of ether oxygens (including phenoxy) is 1. The standard InChI is InChI=1S/C20H31B3N4O3/c1-3-26-19(13-16(28)27(26)20(21,22)23)6-9-24(10-7-19)15-11-18(12-15)5-8-25(14-18)17(29)30-4-2/h15H,3-14H2,1-2H3. The molecule has 0 bridgehead atoms. The Morgan fingerprint density at radius 3 is 2.37 bits per heavy atom. The molecule has 7 nitrogen and oxygen atoms in total. The Bertz CT molecular complexity index is 687. The maximum absolute atomic E-state index is 12.6. The largest absolute Gasteiger partial charge is 0.450 e. The number of hydrogen-bond donors (Lipinski definition) is 0. The second-order valence-electron chi connectivity index (χ2n) is 9.68. The van der Waals surface area contributed by atoms with Crippen molar-refractivity contribution < 1.29 is 14.3 Å². The third-order valence-corrected chi connectivity index (χ3v) is 7.72. The number of hydrogen-bond acceptors (Lipinski definition) is 5. The average molecular weight is 408 g/mol. The Balaban J connectivity index is 1.32. The summed E-state index contributed by atoms with van der Waals surface area (Å²) < 4.78 is 5.16. The lowest BCUT2D eigenvalue weighted by atomic mass is 9.49. The van der Waals surface area contributed by atoms with Crippen molar-refractivity contribution in [3.05, 3.63) is 0 Å². The number of nitrogens with zero attached hydrogens (tertiary/aromatic N) is 4. The zero-order valence-electron chi connectivity index (χ0n) is 18.3. The number of carbonyl (C=O) groups is 2. The maximum Gasteiger partial charge on any atom is 0.409 e. The fourth-order valence-corrected chi connectivity index (χ4v) is 6.27. The van der Waals surface area contributed by atoms with Crippen LogP contribution in [0.4, 0.5) is 4.79 Å². The van der Waals surface area contributed by atoms with Gasteiger partial charge in [0.2, 0.25) is 5.91 Å². The molecule has 30 heavy (non-hydrogen) atoms. The van der Waals surface area contributed by atoms with Crippen molar-refractivity contribution in [2.24, 2.45) is 5.41 Å². The van der Waals surface area contributed by atoms with Crippen molar-refractivity contribution in [3.63, 3.8) is 0 Å². The third-order valence-electron chi connectivity index (χ3n) is 7.72. The van der Waals surface area contributed by atoms with E-state index in [2.05, 4.69) is 4.90 Å². The minimum atomic E-state index is -1.67. The van der Waals surface area contributed by atoms with Gasteiger partial charge in [0, 0.05) is 45.2 Å². The molecule has 0 atom stereocenters. The first kappa shape index (κ1) is 22.1. The normalized spacial score (nSPS) is 32.2.